The predicted molar refractivity (Wildman–Crippen MR) is 66.8 cm³/mol. The minimum absolute atomic E-state index is 0.360. The van der Waals surface area contributed by atoms with Crippen LogP contribution in [-0.2, 0) is 16.1 Å². The number of nitrogens with zero attached hydrogens (tertiary/aromatic N) is 2. The van der Waals surface area contributed by atoms with Crippen LogP contribution in [0.3, 0.4) is 0 Å². The summed E-state index contributed by atoms with van der Waals surface area (Å²) in [5.74, 6) is 1.75. The summed E-state index contributed by atoms with van der Waals surface area (Å²) in [7, 11) is 1.60. The Bertz CT molecular complexity index is 333. The van der Waals surface area contributed by atoms with Gasteiger partial charge in [-0.2, -0.15) is 0 Å². The van der Waals surface area contributed by atoms with E-state index >= 15 is 0 Å². The maximum absolute atomic E-state index is 5.67. The first-order chi connectivity index (χ1) is 8.26. The van der Waals surface area contributed by atoms with Gasteiger partial charge in [0.25, 0.3) is 0 Å². The van der Waals surface area contributed by atoms with Gasteiger partial charge in [-0.1, -0.05) is 0 Å². The Morgan fingerprint density at radius 1 is 1.41 bits per heavy atom. The van der Waals surface area contributed by atoms with Crippen molar-refractivity contribution in [3.05, 3.63) is 11.9 Å². The lowest BCUT2D eigenvalue weighted by atomic mass is 10.4. The molecule has 6 heteroatoms. The molecule has 96 valence electrons. The van der Waals surface area contributed by atoms with Gasteiger partial charge >= 0.3 is 0 Å². The normalized spacial score (nSPS) is 10.5. The highest BCUT2D eigenvalue weighted by Crippen LogP contribution is 2.08. The zero-order valence-corrected chi connectivity index (χ0v) is 10.4. The van der Waals surface area contributed by atoms with Gasteiger partial charge < -0.3 is 20.5 Å². The summed E-state index contributed by atoms with van der Waals surface area (Å²) in [5.41, 5.74) is 5.67. The fourth-order valence-corrected chi connectivity index (χ4v) is 1.34. The summed E-state index contributed by atoms with van der Waals surface area (Å²) in [6.07, 6.45) is 0.928. The van der Waals surface area contributed by atoms with Gasteiger partial charge in [-0.15, -0.1) is 0 Å². The number of nitrogens with one attached hydrogen (secondary N) is 1. The third-order valence-electron chi connectivity index (χ3n) is 2.04. The van der Waals surface area contributed by atoms with Crippen molar-refractivity contribution >= 4 is 11.6 Å². The Balaban J connectivity index is 2.41. The number of nitrogen functional groups attached to an aromatic ring is 1. The minimum Gasteiger partial charge on any atom is -0.384 e. The number of anilines is 2. The second kappa shape index (κ2) is 7.81. The van der Waals surface area contributed by atoms with E-state index < -0.39 is 0 Å². The molecule has 0 saturated heterocycles. The molecule has 0 aliphatic rings. The summed E-state index contributed by atoms with van der Waals surface area (Å²) in [6.45, 7) is 4.63. The van der Waals surface area contributed by atoms with Crippen molar-refractivity contribution in [3.8, 4) is 0 Å². The van der Waals surface area contributed by atoms with Crippen LogP contribution in [-0.4, -0.2) is 36.8 Å². The molecule has 1 aromatic heterocycles. The van der Waals surface area contributed by atoms with Gasteiger partial charge in [-0.25, -0.2) is 9.97 Å². The van der Waals surface area contributed by atoms with Crippen molar-refractivity contribution in [2.24, 2.45) is 0 Å². The zero-order valence-electron chi connectivity index (χ0n) is 10.4. The number of nitrogens with two attached hydrogens (primary N) is 1. The molecular weight excluding hydrogens is 220 g/mol. The van der Waals surface area contributed by atoms with Gasteiger partial charge in [0.2, 0.25) is 0 Å². The number of hydrogen-bond acceptors (Lipinski definition) is 6. The van der Waals surface area contributed by atoms with Crippen molar-refractivity contribution < 1.29 is 9.47 Å². The highest BCUT2D eigenvalue weighted by atomic mass is 16.5. The van der Waals surface area contributed by atoms with E-state index in [4.69, 9.17) is 15.2 Å². The number of hydrogen-bond donors (Lipinski definition) is 2. The molecule has 0 saturated carbocycles. The monoisotopic (exact) mass is 240 g/mol. The fraction of sp³-hybridized carbons (Fsp3) is 0.636. The van der Waals surface area contributed by atoms with E-state index in [1.54, 1.807) is 13.2 Å². The highest BCUT2D eigenvalue weighted by molar-refractivity contribution is 5.44. The molecule has 0 spiro atoms. The Morgan fingerprint density at radius 2 is 2.24 bits per heavy atom. The fourth-order valence-electron chi connectivity index (χ4n) is 1.34. The van der Waals surface area contributed by atoms with Crippen LogP contribution >= 0.6 is 0 Å². The number of ether oxygens (including phenoxy) is 2. The third kappa shape index (κ3) is 5.46. The SMILES string of the molecule is CCOCCCNc1cc(N)nc(COC)n1. The van der Waals surface area contributed by atoms with Crippen molar-refractivity contribution in [3.63, 3.8) is 0 Å². The van der Waals surface area contributed by atoms with Crippen molar-refractivity contribution in [2.75, 3.05) is 37.9 Å². The highest BCUT2D eigenvalue weighted by Gasteiger charge is 2.01. The Labute approximate surface area is 102 Å². The van der Waals surface area contributed by atoms with Crippen LogP contribution in [0.1, 0.15) is 19.2 Å². The predicted octanol–water partition coefficient (Wildman–Crippen LogP) is 1.04. The van der Waals surface area contributed by atoms with E-state index in [0.29, 0.717) is 18.2 Å². The Kier molecular flexibility index (Phi) is 6.27. The van der Waals surface area contributed by atoms with Crippen molar-refractivity contribution in [1.82, 2.24) is 9.97 Å². The van der Waals surface area contributed by atoms with Gasteiger partial charge in [0.05, 0.1) is 0 Å². The van der Waals surface area contributed by atoms with E-state index in [0.717, 1.165) is 32.0 Å². The molecule has 0 fully saturated rings. The molecule has 17 heavy (non-hydrogen) atoms. The van der Waals surface area contributed by atoms with Gasteiger partial charge in [0, 0.05) is 32.9 Å². The summed E-state index contributed by atoms with van der Waals surface area (Å²) in [5, 5.41) is 3.18. The van der Waals surface area contributed by atoms with E-state index in [-0.39, 0.29) is 0 Å². The molecule has 0 aliphatic carbocycles. The Morgan fingerprint density at radius 3 is 2.94 bits per heavy atom. The molecule has 6 nitrogen and oxygen atoms in total. The second-order valence-corrected chi connectivity index (χ2v) is 3.50. The van der Waals surface area contributed by atoms with Crippen LogP contribution in [0.4, 0.5) is 11.6 Å². The van der Waals surface area contributed by atoms with E-state index in [1.807, 2.05) is 6.92 Å². The minimum atomic E-state index is 0.360. The summed E-state index contributed by atoms with van der Waals surface area (Å²) in [4.78, 5) is 8.33. The quantitative estimate of drug-likeness (QED) is 0.661. The number of rotatable bonds is 8. The van der Waals surface area contributed by atoms with Crippen LogP contribution in [0.25, 0.3) is 0 Å². The molecule has 1 aromatic rings. The first-order valence-corrected chi connectivity index (χ1v) is 5.70. The van der Waals surface area contributed by atoms with Crippen molar-refractivity contribution in [1.29, 1.82) is 0 Å². The standard InChI is InChI=1S/C11H20N4O2/c1-3-17-6-4-5-13-10-7-9(12)14-11(15-10)8-16-2/h7H,3-6,8H2,1-2H3,(H3,12,13,14,15). The van der Waals surface area contributed by atoms with Crippen LogP contribution in [0.5, 0.6) is 0 Å². The molecule has 0 aliphatic heterocycles. The number of methoxy groups -OCH3 is 1. The summed E-state index contributed by atoms with van der Waals surface area (Å²) < 4.78 is 10.2. The molecule has 0 unspecified atom stereocenters. The third-order valence-corrected chi connectivity index (χ3v) is 2.04. The van der Waals surface area contributed by atoms with Crippen molar-refractivity contribution in [2.45, 2.75) is 20.0 Å². The lowest BCUT2D eigenvalue weighted by Gasteiger charge is -2.08. The average Bonchev–Trinajstić information content (AvgIpc) is 2.28. The van der Waals surface area contributed by atoms with E-state index in [2.05, 4.69) is 15.3 Å². The Hall–Kier alpha value is -1.40. The smallest absolute Gasteiger partial charge is 0.158 e. The second-order valence-electron chi connectivity index (χ2n) is 3.50. The molecular formula is C11H20N4O2. The van der Waals surface area contributed by atoms with Gasteiger partial charge in [-0.3, -0.25) is 0 Å². The molecule has 0 amide bonds. The van der Waals surface area contributed by atoms with Gasteiger partial charge in [0.1, 0.15) is 18.2 Å². The van der Waals surface area contributed by atoms with Crippen LogP contribution in [0, 0.1) is 0 Å². The van der Waals surface area contributed by atoms with Crippen LogP contribution in [0.15, 0.2) is 6.07 Å². The molecule has 1 heterocycles. The first-order valence-electron chi connectivity index (χ1n) is 5.70. The lowest BCUT2D eigenvalue weighted by Crippen LogP contribution is -2.10. The topological polar surface area (TPSA) is 82.3 Å². The van der Waals surface area contributed by atoms with E-state index in [9.17, 15) is 0 Å². The summed E-state index contributed by atoms with van der Waals surface area (Å²) in [6, 6.07) is 1.71. The van der Waals surface area contributed by atoms with Gasteiger partial charge in [-0.05, 0) is 13.3 Å². The lowest BCUT2D eigenvalue weighted by molar-refractivity contribution is 0.147. The zero-order chi connectivity index (χ0) is 12.5. The average molecular weight is 240 g/mol. The molecule has 0 bridgehead atoms. The molecule has 0 atom stereocenters. The van der Waals surface area contributed by atoms with Gasteiger partial charge in [0.15, 0.2) is 5.82 Å². The molecule has 0 aromatic carbocycles. The maximum atomic E-state index is 5.67. The number of aromatic nitrogens is 2. The molecule has 3 N–H and O–H groups in total. The van der Waals surface area contributed by atoms with Crippen LogP contribution in [0.2, 0.25) is 0 Å². The van der Waals surface area contributed by atoms with E-state index in [1.165, 1.54) is 0 Å². The first kappa shape index (κ1) is 13.7. The maximum Gasteiger partial charge on any atom is 0.158 e. The van der Waals surface area contributed by atoms with Crippen LogP contribution < -0.4 is 11.1 Å². The molecule has 1 rings (SSSR count). The largest absolute Gasteiger partial charge is 0.384 e. The molecule has 0 radical (unpaired) electrons. The summed E-state index contributed by atoms with van der Waals surface area (Å²) >= 11 is 0.